The van der Waals surface area contributed by atoms with Gasteiger partial charge in [-0.2, -0.15) is 5.06 Å². The van der Waals surface area contributed by atoms with Crippen LogP contribution in [0.2, 0.25) is 0 Å². The number of carbonyl (C=O) groups is 4. The van der Waals surface area contributed by atoms with E-state index in [1.807, 2.05) is 6.08 Å². The summed E-state index contributed by atoms with van der Waals surface area (Å²) >= 11 is 0. The molecule has 0 radical (unpaired) electrons. The Hall–Kier alpha value is -3.10. The average molecular weight is 409 g/mol. The van der Waals surface area contributed by atoms with Crippen molar-refractivity contribution >= 4 is 23.4 Å². The Kier molecular flexibility index (Phi) is 4.06. The fourth-order valence-corrected chi connectivity index (χ4v) is 5.31. The van der Waals surface area contributed by atoms with E-state index in [0.717, 1.165) is 5.57 Å². The number of aliphatic hydroxyl groups excluding tert-OH is 1. The van der Waals surface area contributed by atoms with Gasteiger partial charge >= 0.3 is 0 Å². The Labute approximate surface area is 171 Å². The maximum absolute atomic E-state index is 13.1. The molecule has 1 aromatic rings. The van der Waals surface area contributed by atoms with Crippen LogP contribution >= 0.6 is 0 Å². The molecule has 0 saturated carbocycles. The minimum atomic E-state index is -0.791. The van der Waals surface area contributed by atoms with E-state index in [2.05, 4.69) is 0 Å². The lowest BCUT2D eigenvalue weighted by molar-refractivity contribution is -0.173. The minimum Gasteiger partial charge on any atom is -0.463 e. The van der Waals surface area contributed by atoms with E-state index in [9.17, 15) is 29.5 Å². The molecule has 2 heterocycles. The number of hydrogen-bond acceptors (Lipinski definition) is 7. The van der Waals surface area contributed by atoms with Crippen molar-refractivity contribution in [2.75, 3.05) is 0 Å². The Balaban J connectivity index is 1.70. The van der Waals surface area contributed by atoms with Crippen LogP contribution in [-0.4, -0.2) is 38.8 Å². The van der Waals surface area contributed by atoms with Crippen LogP contribution in [0.1, 0.15) is 37.2 Å². The van der Waals surface area contributed by atoms with Crippen LogP contribution in [0, 0.1) is 17.8 Å². The van der Waals surface area contributed by atoms with Crippen LogP contribution in [0.25, 0.3) is 0 Å². The molecule has 5 rings (SSSR count). The lowest BCUT2D eigenvalue weighted by atomic mass is 9.60. The summed E-state index contributed by atoms with van der Waals surface area (Å²) in [7, 11) is 0. The van der Waals surface area contributed by atoms with Gasteiger partial charge in [-0.25, -0.2) is 0 Å². The number of fused-ring (bicyclic) bond motifs is 3. The number of carbonyl (C=O) groups excluding carboxylic acids is 4. The lowest BCUT2D eigenvalue weighted by Gasteiger charge is -2.41. The monoisotopic (exact) mass is 409 g/mol. The summed E-state index contributed by atoms with van der Waals surface area (Å²) < 4.78 is 5.75. The normalized spacial score (nSPS) is 30.8. The molecule has 1 aliphatic heterocycles. The lowest BCUT2D eigenvalue weighted by Crippen LogP contribution is -2.39. The summed E-state index contributed by atoms with van der Waals surface area (Å²) in [6.45, 7) is 1.27. The maximum Gasteiger partial charge on any atom is 0.257 e. The highest BCUT2D eigenvalue weighted by atomic mass is 16.5. The van der Waals surface area contributed by atoms with Gasteiger partial charge in [0.1, 0.15) is 18.1 Å². The number of aliphatic hydroxyl groups is 1. The number of hydroxylamine groups is 2. The van der Waals surface area contributed by atoms with Crippen molar-refractivity contribution in [1.82, 2.24) is 5.06 Å². The number of nitrogens with zero attached hydrogens (tertiary/aromatic N) is 1. The van der Waals surface area contributed by atoms with Gasteiger partial charge in [-0.15, -0.1) is 0 Å². The highest BCUT2D eigenvalue weighted by Crippen LogP contribution is 2.55. The third-order valence-electron chi connectivity index (χ3n) is 6.66. The van der Waals surface area contributed by atoms with E-state index >= 15 is 0 Å². The first-order valence-corrected chi connectivity index (χ1v) is 9.80. The molecule has 2 amide bonds. The van der Waals surface area contributed by atoms with E-state index < -0.39 is 35.5 Å². The van der Waals surface area contributed by atoms with Gasteiger partial charge < -0.3 is 9.52 Å². The Morgan fingerprint density at radius 3 is 2.60 bits per heavy atom. The van der Waals surface area contributed by atoms with Crippen molar-refractivity contribution in [1.29, 1.82) is 0 Å². The van der Waals surface area contributed by atoms with E-state index in [4.69, 9.17) is 4.42 Å². The summed E-state index contributed by atoms with van der Waals surface area (Å²) in [5, 5.41) is 19.5. The standard InChI is InChI=1S/C22H19NO7/c1-9-6-15(25)14-7-13-11(3-4-12-17(13)22(28)23(29)21(12)27)18(19(14)20(9)26)16-5-2-10(8-24)30-16/h2-3,5-6,12-13,17-18,24,29H,4,7-8H2,1H3/t12-,13+,17-,18+/m0/s1. The molecule has 4 atom stereocenters. The summed E-state index contributed by atoms with van der Waals surface area (Å²) in [5.41, 5.74) is 1.72. The van der Waals surface area contributed by atoms with Gasteiger partial charge in [0.15, 0.2) is 11.6 Å². The molecule has 1 fully saturated rings. The van der Waals surface area contributed by atoms with Gasteiger partial charge in [0.05, 0.1) is 17.8 Å². The molecule has 0 unspecified atom stereocenters. The van der Waals surface area contributed by atoms with Gasteiger partial charge in [0.2, 0.25) is 0 Å². The first-order valence-electron chi connectivity index (χ1n) is 9.80. The number of furan rings is 1. The zero-order valence-electron chi connectivity index (χ0n) is 16.1. The third-order valence-corrected chi connectivity index (χ3v) is 6.66. The molecule has 8 heteroatoms. The average Bonchev–Trinajstić information content (AvgIpc) is 3.30. The van der Waals surface area contributed by atoms with E-state index in [1.54, 1.807) is 19.1 Å². The van der Waals surface area contributed by atoms with Crippen LogP contribution < -0.4 is 0 Å². The molecule has 154 valence electrons. The van der Waals surface area contributed by atoms with Crippen LogP contribution in [0.5, 0.6) is 0 Å². The van der Waals surface area contributed by atoms with Gasteiger partial charge in [-0.3, -0.25) is 24.4 Å². The molecular formula is C22H19NO7. The van der Waals surface area contributed by atoms with E-state index in [1.165, 1.54) is 6.08 Å². The summed E-state index contributed by atoms with van der Waals surface area (Å²) in [6, 6.07) is 3.25. The van der Waals surface area contributed by atoms with E-state index in [0.29, 0.717) is 28.2 Å². The second kappa shape index (κ2) is 6.45. The molecule has 8 nitrogen and oxygen atoms in total. The number of amides is 2. The van der Waals surface area contributed by atoms with Gasteiger partial charge in [0.25, 0.3) is 11.8 Å². The molecule has 1 saturated heterocycles. The fourth-order valence-electron chi connectivity index (χ4n) is 5.31. The largest absolute Gasteiger partial charge is 0.463 e. The highest BCUT2D eigenvalue weighted by molar-refractivity contribution is 6.23. The number of hydrogen-bond donors (Lipinski definition) is 2. The molecular weight excluding hydrogens is 390 g/mol. The second-order valence-corrected chi connectivity index (χ2v) is 8.18. The van der Waals surface area contributed by atoms with Crippen molar-refractivity contribution in [2.45, 2.75) is 32.3 Å². The molecule has 3 aliphatic carbocycles. The Morgan fingerprint density at radius 1 is 1.13 bits per heavy atom. The topological polar surface area (TPSA) is 125 Å². The van der Waals surface area contributed by atoms with Gasteiger partial charge in [0, 0.05) is 16.7 Å². The number of imide groups is 1. The zero-order valence-corrected chi connectivity index (χ0v) is 16.1. The molecule has 0 bridgehead atoms. The quantitative estimate of drug-likeness (QED) is 0.329. The summed E-state index contributed by atoms with van der Waals surface area (Å²) in [4.78, 5) is 50.8. The van der Waals surface area contributed by atoms with Crippen molar-refractivity contribution in [3.63, 3.8) is 0 Å². The zero-order chi connectivity index (χ0) is 21.3. The van der Waals surface area contributed by atoms with Crippen LogP contribution in [0.3, 0.4) is 0 Å². The minimum absolute atomic E-state index is 0.146. The molecule has 1 aromatic heterocycles. The van der Waals surface area contributed by atoms with Crippen LogP contribution in [-0.2, 0) is 25.8 Å². The van der Waals surface area contributed by atoms with E-state index in [-0.39, 0.29) is 36.1 Å². The number of allylic oxidation sites excluding steroid dienone is 6. The number of ketones is 2. The first kappa shape index (κ1) is 18.9. The predicted octanol–water partition coefficient (Wildman–Crippen LogP) is 1.59. The SMILES string of the molecule is CC1=CC(=O)C2=C(C1=O)[C@@H](c1ccc(CO)o1)C1=CC[C@@H]3C(=O)N(O)C(=O)[C@@H]3[C@@H]1C2. The smallest absolute Gasteiger partial charge is 0.257 e. The first-order chi connectivity index (χ1) is 14.3. The number of rotatable bonds is 2. The molecule has 4 aliphatic rings. The van der Waals surface area contributed by atoms with Crippen molar-refractivity contribution in [3.8, 4) is 0 Å². The second-order valence-electron chi connectivity index (χ2n) is 8.18. The molecule has 0 aromatic carbocycles. The highest BCUT2D eigenvalue weighted by Gasteiger charge is 2.56. The molecule has 2 N–H and O–H groups in total. The summed E-state index contributed by atoms with van der Waals surface area (Å²) in [6.07, 6.45) is 3.53. The molecule has 0 spiro atoms. The van der Waals surface area contributed by atoms with Gasteiger partial charge in [-0.1, -0.05) is 11.6 Å². The van der Waals surface area contributed by atoms with Crippen molar-refractivity contribution < 1.29 is 33.9 Å². The maximum atomic E-state index is 13.1. The number of Topliss-reactive ketones (excluding diaryl/α,β-unsaturated/α-hetero) is 1. The van der Waals surface area contributed by atoms with Crippen LogP contribution in [0.15, 0.2) is 51.0 Å². The van der Waals surface area contributed by atoms with Crippen molar-refractivity contribution in [2.24, 2.45) is 17.8 Å². The van der Waals surface area contributed by atoms with Crippen molar-refractivity contribution in [3.05, 3.63) is 58.1 Å². The predicted molar refractivity (Wildman–Crippen MR) is 99.6 cm³/mol. The third kappa shape index (κ3) is 2.41. The van der Waals surface area contributed by atoms with Gasteiger partial charge in [-0.05, 0) is 43.9 Å². The van der Waals surface area contributed by atoms with Crippen LogP contribution in [0.4, 0.5) is 0 Å². The fraction of sp³-hybridized carbons (Fsp3) is 0.364. The summed E-state index contributed by atoms with van der Waals surface area (Å²) in [5.74, 6) is -3.82. The molecule has 30 heavy (non-hydrogen) atoms. The Bertz CT molecular complexity index is 1120. The Morgan fingerprint density at radius 2 is 1.90 bits per heavy atom.